The number of unbranched alkanes of at least 4 members (excludes halogenated alkanes) is 14. The van der Waals surface area contributed by atoms with E-state index in [2.05, 4.69) is 6.92 Å². The number of aliphatic hydroxyl groups is 4. The third-order valence-electron chi connectivity index (χ3n) is 12.3. The molecule has 8 atom stereocenters. The number of ketones is 1. The van der Waals surface area contributed by atoms with Gasteiger partial charge in [0.1, 0.15) is 11.2 Å². The molecule has 7 heteroatoms. The van der Waals surface area contributed by atoms with Gasteiger partial charge in [0, 0.05) is 41.9 Å². The Morgan fingerprint density at radius 3 is 1.91 bits per heavy atom. The van der Waals surface area contributed by atoms with E-state index in [9.17, 15) is 30.0 Å². The van der Waals surface area contributed by atoms with Crippen molar-refractivity contribution >= 4 is 11.8 Å². The topological polar surface area (TPSA) is 124 Å². The quantitative estimate of drug-likeness (QED) is 0.0751. The average Bonchev–Trinajstić information content (AvgIpc) is 3.43. The summed E-state index contributed by atoms with van der Waals surface area (Å²) in [7, 11) is 0. The van der Waals surface area contributed by atoms with E-state index < -0.39 is 57.8 Å². The molecular formula is C38H62O7. The number of hydrogen-bond acceptors (Lipinski definition) is 7. The summed E-state index contributed by atoms with van der Waals surface area (Å²) in [6, 6.07) is 0. The van der Waals surface area contributed by atoms with Gasteiger partial charge >= 0.3 is 5.97 Å². The van der Waals surface area contributed by atoms with E-state index in [0.717, 1.165) is 19.3 Å². The summed E-state index contributed by atoms with van der Waals surface area (Å²) in [5.74, 6) is -3.59. The predicted octanol–water partition coefficient (Wildman–Crippen LogP) is 6.74. The first-order chi connectivity index (χ1) is 21.3. The molecule has 0 radical (unpaired) electrons. The van der Waals surface area contributed by atoms with Crippen LogP contribution >= 0.6 is 0 Å². The van der Waals surface area contributed by atoms with Gasteiger partial charge in [-0.05, 0) is 24.5 Å². The second-order valence-corrected chi connectivity index (χ2v) is 15.6. The van der Waals surface area contributed by atoms with Gasteiger partial charge in [-0.2, -0.15) is 0 Å². The van der Waals surface area contributed by atoms with Crippen molar-refractivity contribution in [1.29, 1.82) is 0 Å². The molecule has 4 aliphatic rings. The molecule has 2 saturated carbocycles. The molecule has 4 aliphatic carbocycles. The van der Waals surface area contributed by atoms with Crippen LogP contribution in [-0.4, -0.2) is 61.7 Å². The molecule has 4 rings (SSSR count). The lowest BCUT2D eigenvalue weighted by Gasteiger charge is -2.52. The number of hydrogen-bond donors (Lipinski definition) is 4. The van der Waals surface area contributed by atoms with Crippen LogP contribution in [-0.2, 0) is 14.3 Å². The van der Waals surface area contributed by atoms with Crippen molar-refractivity contribution in [3.05, 3.63) is 23.3 Å². The maximum absolute atomic E-state index is 13.2. The van der Waals surface area contributed by atoms with Crippen LogP contribution in [0.4, 0.5) is 0 Å². The van der Waals surface area contributed by atoms with E-state index >= 15 is 0 Å². The zero-order valence-electron chi connectivity index (χ0n) is 28.8. The largest absolute Gasteiger partial charge is 0.455 e. The average molecular weight is 631 g/mol. The van der Waals surface area contributed by atoms with Crippen LogP contribution in [0, 0.1) is 29.1 Å². The molecule has 0 saturated heterocycles. The summed E-state index contributed by atoms with van der Waals surface area (Å²) in [6.07, 6.45) is 21.2. The van der Waals surface area contributed by atoms with Crippen LogP contribution in [0.15, 0.2) is 23.3 Å². The molecule has 4 N–H and O–H groups in total. The predicted molar refractivity (Wildman–Crippen MR) is 176 cm³/mol. The minimum atomic E-state index is -1.89. The van der Waals surface area contributed by atoms with E-state index in [0.29, 0.717) is 11.1 Å². The highest BCUT2D eigenvalue weighted by atomic mass is 16.6. The van der Waals surface area contributed by atoms with Crippen LogP contribution < -0.4 is 0 Å². The van der Waals surface area contributed by atoms with Crippen molar-refractivity contribution in [3.63, 3.8) is 0 Å². The minimum Gasteiger partial charge on any atom is -0.455 e. The van der Waals surface area contributed by atoms with Crippen LogP contribution in [0.1, 0.15) is 144 Å². The number of Topliss-reactive ketones (excluding diaryl/α,β-unsaturated/α-hetero) is 1. The van der Waals surface area contributed by atoms with Crippen molar-refractivity contribution in [3.8, 4) is 0 Å². The molecular weight excluding hydrogens is 568 g/mol. The number of fused-ring (bicyclic) bond motifs is 5. The molecule has 0 aliphatic heterocycles. The normalized spacial score (nSPS) is 36.4. The second kappa shape index (κ2) is 14.7. The first kappa shape index (κ1) is 36.3. The molecule has 0 bridgehead atoms. The number of rotatable bonds is 18. The Balaban J connectivity index is 1.27. The monoisotopic (exact) mass is 630 g/mol. The molecule has 1 unspecified atom stereocenters. The van der Waals surface area contributed by atoms with Gasteiger partial charge in [0.25, 0.3) is 0 Å². The third kappa shape index (κ3) is 6.62. The molecule has 0 heterocycles. The summed E-state index contributed by atoms with van der Waals surface area (Å²) < 4.78 is 6.22. The van der Waals surface area contributed by atoms with E-state index in [-0.39, 0.29) is 25.4 Å². The highest BCUT2D eigenvalue weighted by Gasteiger charge is 2.86. The lowest BCUT2D eigenvalue weighted by atomic mass is 9.59. The van der Waals surface area contributed by atoms with Gasteiger partial charge in [-0.3, -0.25) is 9.59 Å². The lowest BCUT2D eigenvalue weighted by molar-refractivity contribution is -0.219. The molecule has 0 aromatic rings. The van der Waals surface area contributed by atoms with Gasteiger partial charge in [0.2, 0.25) is 0 Å². The molecule has 256 valence electrons. The maximum Gasteiger partial charge on any atom is 0.306 e. The molecule has 45 heavy (non-hydrogen) atoms. The van der Waals surface area contributed by atoms with E-state index in [1.807, 2.05) is 13.8 Å². The van der Waals surface area contributed by atoms with Crippen LogP contribution in [0.2, 0.25) is 0 Å². The highest BCUT2D eigenvalue weighted by molar-refractivity contribution is 6.04. The third-order valence-corrected chi connectivity index (χ3v) is 12.3. The van der Waals surface area contributed by atoms with Crippen LogP contribution in [0.25, 0.3) is 0 Å². The molecule has 0 amide bonds. The van der Waals surface area contributed by atoms with Crippen molar-refractivity contribution in [1.82, 2.24) is 0 Å². The van der Waals surface area contributed by atoms with Gasteiger partial charge in [-0.1, -0.05) is 130 Å². The maximum atomic E-state index is 13.2. The summed E-state index contributed by atoms with van der Waals surface area (Å²) in [6.45, 7) is 9.15. The first-order valence-corrected chi connectivity index (χ1v) is 18.2. The summed E-state index contributed by atoms with van der Waals surface area (Å²) >= 11 is 0. The molecule has 2 fully saturated rings. The summed E-state index contributed by atoms with van der Waals surface area (Å²) in [5, 5.41) is 46.1. The Morgan fingerprint density at radius 2 is 1.40 bits per heavy atom. The SMILES string of the molecule is CCCCCCCCCCCCCCCCCC(=O)O[C@]12C([C@@H]3C=C(CO)C[C@]4(O)C(=O)C(C)=C[C@H]4[C@@]3(O)[C@H](C)[C@H]1O)C2(C)C. The van der Waals surface area contributed by atoms with Gasteiger partial charge in [-0.25, -0.2) is 0 Å². The van der Waals surface area contributed by atoms with Gasteiger partial charge < -0.3 is 25.2 Å². The van der Waals surface area contributed by atoms with E-state index in [4.69, 9.17) is 4.74 Å². The highest BCUT2D eigenvalue weighted by Crippen LogP contribution is 2.76. The van der Waals surface area contributed by atoms with Gasteiger partial charge in [0.15, 0.2) is 5.78 Å². The Bertz CT molecular complexity index is 1110. The molecule has 0 aromatic carbocycles. The molecule has 7 nitrogen and oxygen atoms in total. The number of carbonyl (C=O) groups is 2. The van der Waals surface area contributed by atoms with Crippen molar-refractivity contribution in [2.24, 2.45) is 29.1 Å². The Morgan fingerprint density at radius 1 is 0.889 bits per heavy atom. The Labute approximate surface area is 271 Å². The van der Waals surface area contributed by atoms with Gasteiger partial charge in [0.05, 0.1) is 18.3 Å². The molecule has 0 aromatic heterocycles. The second-order valence-electron chi connectivity index (χ2n) is 15.6. The zero-order valence-corrected chi connectivity index (χ0v) is 28.8. The Hall–Kier alpha value is -1.54. The molecule has 0 spiro atoms. The number of esters is 1. The van der Waals surface area contributed by atoms with Crippen LogP contribution in [0.5, 0.6) is 0 Å². The van der Waals surface area contributed by atoms with Crippen LogP contribution in [0.3, 0.4) is 0 Å². The number of carbonyl (C=O) groups excluding carboxylic acids is 2. The Kier molecular flexibility index (Phi) is 11.9. The van der Waals surface area contributed by atoms with Crippen molar-refractivity contribution < 1.29 is 34.8 Å². The van der Waals surface area contributed by atoms with Crippen molar-refractivity contribution in [2.45, 2.75) is 167 Å². The standard InChI is InChI=1S/C38H62O7/c1-6-7-8-9-10-11-12-13-14-15-16-17-18-19-20-21-31(40)45-38-32(35(38,4)5)29-23-28(25-39)24-36(43)30(22-26(2)33(36)41)37(29,44)27(3)34(38)42/h22-23,27,29-30,32,34,39,42-44H,6-21,24-25H2,1-5H3/t27-,29+,30-,32?,34-,36-,37-,38-/m1/s1. The fourth-order valence-corrected chi connectivity index (χ4v) is 9.55. The van der Waals surface area contributed by atoms with Crippen molar-refractivity contribution in [2.75, 3.05) is 6.61 Å². The fraction of sp³-hybridized carbons (Fsp3) is 0.842. The first-order valence-electron chi connectivity index (χ1n) is 18.2. The summed E-state index contributed by atoms with van der Waals surface area (Å²) in [4.78, 5) is 26.3. The summed E-state index contributed by atoms with van der Waals surface area (Å²) in [5.41, 5.74) is -4.54. The van der Waals surface area contributed by atoms with E-state index in [1.165, 1.54) is 77.0 Å². The number of ether oxygens (including phenoxy) is 1. The number of aliphatic hydroxyl groups excluding tert-OH is 2. The zero-order chi connectivity index (χ0) is 33.0. The van der Waals surface area contributed by atoms with Gasteiger partial charge in [-0.15, -0.1) is 0 Å². The minimum absolute atomic E-state index is 0.0818. The fourth-order valence-electron chi connectivity index (χ4n) is 9.55. The lowest BCUT2D eigenvalue weighted by Crippen LogP contribution is -2.65. The van der Waals surface area contributed by atoms with E-state index in [1.54, 1.807) is 26.0 Å². The smallest absolute Gasteiger partial charge is 0.306 e.